The van der Waals surface area contributed by atoms with Crippen molar-refractivity contribution >= 4 is 17.3 Å². The van der Waals surface area contributed by atoms with Gasteiger partial charge in [-0.3, -0.25) is 4.68 Å². The average molecular weight is 403 g/mol. The fraction of sp³-hybridized carbons (Fsp3) is 0.188. The largest absolute Gasteiger partial charge is 0.478 e. The third-order valence-corrected chi connectivity index (χ3v) is 4.71. The summed E-state index contributed by atoms with van der Waals surface area (Å²) in [7, 11) is 0. The Morgan fingerprint density at radius 2 is 2.04 bits per heavy atom. The molecule has 0 saturated heterocycles. The van der Waals surface area contributed by atoms with Crippen LogP contribution in [-0.4, -0.2) is 25.8 Å². The highest BCUT2D eigenvalue weighted by Crippen LogP contribution is 2.37. The number of carbonyl (C=O) groups is 1. The van der Waals surface area contributed by atoms with Crippen LogP contribution in [0.15, 0.2) is 36.7 Å². The van der Waals surface area contributed by atoms with Gasteiger partial charge in [0, 0.05) is 11.8 Å². The van der Waals surface area contributed by atoms with Crippen molar-refractivity contribution < 1.29 is 31.9 Å². The van der Waals surface area contributed by atoms with Gasteiger partial charge in [0.1, 0.15) is 5.01 Å². The molecular formula is C16H10F5N3O2S. The van der Waals surface area contributed by atoms with E-state index in [4.69, 9.17) is 5.11 Å². The standard InChI is InChI=1S/C16H10F5N3O2S/c17-13(18)12-11(7-24-6-9(5-22-24)15(25)26)23-14(27-12)8-2-1-3-10(4-8)16(19,20)21/h1-6,13H,7H2,(H,25,26). The van der Waals surface area contributed by atoms with Crippen molar-refractivity contribution in [1.82, 2.24) is 14.8 Å². The molecule has 0 fully saturated rings. The average Bonchev–Trinajstić information content (AvgIpc) is 3.22. The van der Waals surface area contributed by atoms with Gasteiger partial charge in [0.15, 0.2) is 0 Å². The molecular weight excluding hydrogens is 393 g/mol. The fourth-order valence-electron chi connectivity index (χ4n) is 2.31. The maximum Gasteiger partial charge on any atom is 0.416 e. The molecule has 0 spiro atoms. The Morgan fingerprint density at radius 1 is 1.30 bits per heavy atom. The van der Waals surface area contributed by atoms with E-state index in [1.54, 1.807) is 0 Å². The Labute approximate surface area is 152 Å². The summed E-state index contributed by atoms with van der Waals surface area (Å²) >= 11 is 0.586. The van der Waals surface area contributed by atoms with E-state index in [2.05, 4.69) is 10.1 Å². The van der Waals surface area contributed by atoms with E-state index < -0.39 is 29.0 Å². The first-order valence-corrected chi connectivity index (χ1v) is 8.18. The summed E-state index contributed by atoms with van der Waals surface area (Å²) in [6.07, 6.45) is -5.23. The van der Waals surface area contributed by atoms with Gasteiger partial charge in [-0.1, -0.05) is 12.1 Å². The number of aromatic nitrogens is 3. The number of carboxylic acids is 1. The van der Waals surface area contributed by atoms with Crippen LogP contribution < -0.4 is 0 Å². The first kappa shape index (κ1) is 19.0. The molecule has 0 unspecified atom stereocenters. The molecule has 3 aromatic rings. The van der Waals surface area contributed by atoms with Gasteiger partial charge < -0.3 is 5.11 Å². The Kier molecular flexibility index (Phi) is 4.96. The summed E-state index contributed by atoms with van der Waals surface area (Å²) < 4.78 is 66.3. The second kappa shape index (κ2) is 7.06. The van der Waals surface area contributed by atoms with Crippen molar-refractivity contribution in [3.05, 3.63) is 58.4 Å². The van der Waals surface area contributed by atoms with Crippen LogP contribution in [0.5, 0.6) is 0 Å². The molecule has 0 aliphatic heterocycles. The molecule has 0 aliphatic rings. The SMILES string of the molecule is O=C(O)c1cnn(Cc2nc(-c3cccc(C(F)(F)F)c3)sc2C(F)F)c1. The first-order chi connectivity index (χ1) is 12.6. The van der Waals surface area contributed by atoms with Gasteiger partial charge >= 0.3 is 12.1 Å². The molecule has 2 aromatic heterocycles. The lowest BCUT2D eigenvalue weighted by Gasteiger charge is -2.07. The fourth-order valence-corrected chi connectivity index (χ4v) is 3.24. The zero-order valence-electron chi connectivity index (χ0n) is 13.2. The number of hydrogen-bond donors (Lipinski definition) is 1. The summed E-state index contributed by atoms with van der Waals surface area (Å²) in [6.45, 7) is -0.234. The van der Waals surface area contributed by atoms with Gasteiger partial charge in [0.25, 0.3) is 6.43 Å². The number of halogens is 5. The summed E-state index contributed by atoms with van der Waals surface area (Å²) in [5.41, 5.74) is -1.05. The number of nitrogens with zero attached hydrogens (tertiary/aromatic N) is 3. The number of alkyl halides is 5. The van der Waals surface area contributed by atoms with Crippen molar-refractivity contribution in [2.24, 2.45) is 0 Å². The quantitative estimate of drug-likeness (QED) is 0.627. The topological polar surface area (TPSA) is 68.0 Å². The minimum Gasteiger partial charge on any atom is -0.478 e. The van der Waals surface area contributed by atoms with E-state index in [1.807, 2.05) is 0 Å². The molecule has 0 atom stereocenters. The zero-order chi connectivity index (χ0) is 19.8. The van der Waals surface area contributed by atoms with Crippen LogP contribution in [0.3, 0.4) is 0 Å². The van der Waals surface area contributed by atoms with E-state index in [9.17, 15) is 26.7 Å². The molecule has 0 saturated carbocycles. The summed E-state index contributed by atoms with van der Waals surface area (Å²) in [4.78, 5) is 14.5. The van der Waals surface area contributed by atoms with Gasteiger partial charge in [0.05, 0.1) is 34.4 Å². The van der Waals surface area contributed by atoms with E-state index in [0.717, 1.165) is 29.2 Å². The van der Waals surface area contributed by atoms with Crippen LogP contribution >= 0.6 is 11.3 Å². The maximum atomic E-state index is 13.3. The molecule has 0 bridgehead atoms. The van der Waals surface area contributed by atoms with Crippen LogP contribution in [0.25, 0.3) is 10.6 Å². The molecule has 27 heavy (non-hydrogen) atoms. The molecule has 1 aromatic carbocycles. The molecule has 1 N–H and O–H groups in total. The molecule has 142 valence electrons. The lowest BCUT2D eigenvalue weighted by Crippen LogP contribution is -2.04. The Balaban J connectivity index is 1.97. The lowest BCUT2D eigenvalue weighted by atomic mass is 10.1. The highest BCUT2D eigenvalue weighted by Gasteiger charge is 2.31. The normalized spacial score (nSPS) is 11.9. The molecule has 5 nitrogen and oxygen atoms in total. The van der Waals surface area contributed by atoms with Crippen LogP contribution in [0, 0.1) is 0 Å². The van der Waals surface area contributed by atoms with Crippen molar-refractivity contribution in [3.8, 4) is 10.6 Å². The van der Waals surface area contributed by atoms with Gasteiger partial charge in [-0.2, -0.15) is 18.3 Å². The van der Waals surface area contributed by atoms with Crippen LogP contribution in [0.4, 0.5) is 22.0 Å². The Bertz CT molecular complexity index is 981. The van der Waals surface area contributed by atoms with Crippen LogP contribution in [0.2, 0.25) is 0 Å². The predicted octanol–water partition coefficient (Wildman–Crippen LogP) is 4.71. The molecule has 11 heteroatoms. The number of rotatable bonds is 5. The van der Waals surface area contributed by atoms with E-state index >= 15 is 0 Å². The van der Waals surface area contributed by atoms with Crippen molar-refractivity contribution in [2.75, 3.05) is 0 Å². The third-order valence-electron chi connectivity index (χ3n) is 3.55. The van der Waals surface area contributed by atoms with Gasteiger partial charge in [-0.15, -0.1) is 11.3 Å². The Morgan fingerprint density at radius 3 is 2.63 bits per heavy atom. The number of aromatic carboxylic acids is 1. The van der Waals surface area contributed by atoms with E-state index in [-0.39, 0.29) is 28.4 Å². The van der Waals surface area contributed by atoms with Crippen LogP contribution in [-0.2, 0) is 12.7 Å². The summed E-state index contributed by atoms with van der Waals surface area (Å²) in [5.74, 6) is -1.22. The Hall–Kier alpha value is -2.82. The number of hydrogen-bond acceptors (Lipinski definition) is 4. The molecule has 0 amide bonds. The minimum atomic E-state index is -4.57. The summed E-state index contributed by atoms with van der Waals surface area (Å²) in [6, 6.07) is 4.25. The smallest absolute Gasteiger partial charge is 0.416 e. The second-order valence-corrected chi connectivity index (χ2v) is 6.47. The molecule has 3 rings (SSSR count). The second-order valence-electron chi connectivity index (χ2n) is 5.44. The van der Waals surface area contributed by atoms with Gasteiger partial charge in [0.2, 0.25) is 0 Å². The number of thiazole rings is 1. The first-order valence-electron chi connectivity index (χ1n) is 7.36. The van der Waals surface area contributed by atoms with Crippen LogP contribution in [0.1, 0.15) is 32.9 Å². The van der Waals surface area contributed by atoms with Crippen molar-refractivity contribution in [2.45, 2.75) is 19.1 Å². The van der Waals surface area contributed by atoms with E-state index in [0.29, 0.717) is 11.3 Å². The molecule has 2 heterocycles. The molecule has 0 aliphatic carbocycles. The van der Waals surface area contributed by atoms with Crippen molar-refractivity contribution in [3.63, 3.8) is 0 Å². The third kappa shape index (κ3) is 4.13. The predicted molar refractivity (Wildman–Crippen MR) is 85.8 cm³/mol. The van der Waals surface area contributed by atoms with Gasteiger partial charge in [-0.05, 0) is 12.1 Å². The number of benzene rings is 1. The number of carboxylic acid groups (broad SMARTS) is 1. The van der Waals surface area contributed by atoms with E-state index in [1.165, 1.54) is 12.1 Å². The van der Waals surface area contributed by atoms with Crippen molar-refractivity contribution in [1.29, 1.82) is 0 Å². The summed E-state index contributed by atoms with van der Waals surface area (Å²) in [5, 5.41) is 12.7. The van der Waals surface area contributed by atoms with Gasteiger partial charge in [-0.25, -0.2) is 18.6 Å². The monoisotopic (exact) mass is 403 g/mol. The lowest BCUT2D eigenvalue weighted by molar-refractivity contribution is -0.137. The zero-order valence-corrected chi connectivity index (χ0v) is 14.1. The maximum absolute atomic E-state index is 13.3. The molecule has 0 radical (unpaired) electrons. The minimum absolute atomic E-state index is 0.0111. The highest BCUT2D eigenvalue weighted by atomic mass is 32.1. The highest BCUT2D eigenvalue weighted by molar-refractivity contribution is 7.15.